The molecule has 1 rings (SSSR count). The summed E-state index contributed by atoms with van der Waals surface area (Å²) in [6, 6.07) is 5.36. The van der Waals surface area contributed by atoms with Gasteiger partial charge >= 0.3 is 5.97 Å². The normalized spacial score (nSPS) is 13.0. The van der Waals surface area contributed by atoms with Crippen molar-refractivity contribution in [2.45, 2.75) is 13.3 Å². The van der Waals surface area contributed by atoms with Gasteiger partial charge in [0, 0.05) is 18.3 Å². The van der Waals surface area contributed by atoms with E-state index in [9.17, 15) is 13.2 Å². The molecule has 0 saturated carbocycles. The maximum Gasteiger partial charge on any atom is 0.309 e. The highest BCUT2D eigenvalue weighted by atomic mass is 32.2. The largest absolute Gasteiger partial charge is 0.469 e. The number of nitrogens with zero attached hydrogens (tertiary/aromatic N) is 1. The molecular weight excluding hydrogens is 254 g/mol. The molecule has 1 aromatic heterocycles. The second kappa shape index (κ2) is 6.49. The highest BCUT2D eigenvalue weighted by Crippen LogP contribution is 2.06. The molecule has 18 heavy (non-hydrogen) atoms. The van der Waals surface area contributed by atoms with E-state index in [4.69, 9.17) is 0 Å². The van der Waals surface area contributed by atoms with Gasteiger partial charge in [-0.2, -0.15) is 0 Å². The number of rotatable bonds is 6. The molecule has 0 aliphatic heterocycles. The zero-order chi connectivity index (χ0) is 13.6. The lowest BCUT2D eigenvalue weighted by atomic mass is 10.2. The second-order valence-corrected chi connectivity index (χ2v) is 6.34. The van der Waals surface area contributed by atoms with Crippen LogP contribution in [-0.2, 0) is 25.8 Å². The molecular formula is C12H17NO4S. The van der Waals surface area contributed by atoms with Crippen LogP contribution in [0.2, 0.25) is 0 Å². The van der Waals surface area contributed by atoms with E-state index in [1.165, 1.54) is 7.11 Å². The number of esters is 1. The summed E-state index contributed by atoms with van der Waals surface area (Å²) in [6.07, 6.45) is 1.98. The first-order valence-electron chi connectivity index (χ1n) is 5.63. The molecule has 5 nitrogen and oxygen atoms in total. The quantitative estimate of drug-likeness (QED) is 0.717. The molecule has 1 unspecified atom stereocenters. The van der Waals surface area contributed by atoms with Crippen molar-refractivity contribution in [2.75, 3.05) is 18.6 Å². The van der Waals surface area contributed by atoms with Gasteiger partial charge in [-0.1, -0.05) is 13.0 Å². The Labute approximate surface area is 107 Å². The van der Waals surface area contributed by atoms with E-state index in [2.05, 4.69) is 9.72 Å². The van der Waals surface area contributed by atoms with E-state index in [1.54, 1.807) is 25.3 Å². The Morgan fingerprint density at radius 1 is 1.44 bits per heavy atom. The standard InChI is InChI=1S/C12H17NO4S/c1-10(12(14)17-2)9-18(15,16)8-6-11-5-3-4-7-13-11/h3-5,7,10H,6,8-9H2,1-2H3. The minimum Gasteiger partial charge on any atom is -0.469 e. The summed E-state index contributed by atoms with van der Waals surface area (Å²) >= 11 is 0. The molecule has 1 atom stereocenters. The molecule has 0 bridgehead atoms. The van der Waals surface area contributed by atoms with E-state index in [0.29, 0.717) is 6.42 Å². The van der Waals surface area contributed by atoms with Crippen LogP contribution < -0.4 is 0 Å². The van der Waals surface area contributed by atoms with Gasteiger partial charge in [-0.05, 0) is 12.1 Å². The van der Waals surface area contributed by atoms with Gasteiger partial charge in [-0.15, -0.1) is 0 Å². The first-order chi connectivity index (χ1) is 8.44. The van der Waals surface area contributed by atoms with Gasteiger partial charge in [0.25, 0.3) is 0 Å². The van der Waals surface area contributed by atoms with Gasteiger partial charge in [-0.25, -0.2) is 8.42 Å². The number of hydrogen-bond acceptors (Lipinski definition) is 5. The minimum atomic E-state index is -3.27. The maximum absolute atomic E-state index is 11.8. The lowest BCUT2D eigenvalue weighted by Gasteiger charge is -2.09. The highest BCUT2D eigenvalue weighted by Gasteiger charge is 2.22. The minimum absolute atomic E-state index is 0.00858. The number of ether oxygens (including phenoxy) is 1. The fourth-order valence-electron chi connectivity index (χ4n) is 1.54. The highest BCUT2D eigenvalue weighted by molar-refractivity contribution is 7.91. The van der Waals surface area contributed by atoms with Crippen molar-refractivity contribution in [3.63, 3.8) is 0 Å². The fraction of sp³-hybridized carbons (Fsp3) is 0.500. The van der Waals surface area contributed by atoms with Crippen molar-refractivity contribution in [3.8, 4) is 0 Å². The third-order valence-electron chi connectivity index (χ3n) is 2.50. The van der Waals surface area contributed by atoms with Crippen LogP contribution in [0.1, 0.15) is 12.6 Å². The van der Waals surface area contributed by atoms with Crippen molar-refractivity contribution in [1.82, 2.24) is 4.98 Å². The SMILES string of the molecule is COC(=O)C(C)CS(=O)(=O)CCc1ccccn1. The van der Waals surface area contributed by atoms with Gasteiger partial charge in [0.1, 0.15) is 0 Å². The van der Waals surface area contributed by atoms with E-state index in [0.717, 1.165) is 5.69 Å². The molecule has 0 aromatic carbocycles. The molecule has 0 spiro atoms. The predicted molar refractivity (Wildman–Crippen MR) is 67.8 cm³/mol. The Morgan fingerprint density at radius 2 is 2.17 bits per heavy atom. The molecule has 0 aliphatic carbocycles. The van der Waals surface area contributed by atoms with E-state index in [-0.39, 0.29) is 11.5 Å². The zero-order valence-electron chi connectivity index (χ0n) is 10.5. The number of carbonyl (C=O) groups is 1. The van der Waals surface area contributed by atoms with Gasteiger partial charge in [-0.3, -0.25) is 9.78 Å². The first kappa shape index (κ1) is 14.6. The van der Waals surface area contributed by atoms with Crippen molar-refractivity contribution < 1.29 is 17.9 Å². The Bertz CT molecular complexity index is 484. The first-order valence-corrected chi connectivity index (χ1v) is 7.45. The molecule has 6 heteroatoms. The number of sulfone groups is 1. The van der Waals surface area contributed by atoms with Crippen LogP contribution in [0.5, 0.6) is 0 Å². The van der Waals surface area contributed by atoms with Crippen molar-refractivity contribution in [2.24, 2.45) is 5.92 Å². The zero-order valence-corrected chi connectivity index (χ0v) is 11.3. The molecule has 0 N–H and O–H groups in total. The van der Waals surface area contributed by atoms with E-state index < -0.39 is 21.7 Å². The predicted octanol–water partition coefficient (Wildman–Crippen LogP) is 0.848. The summed E-state index contributed by atoms with van der Waals surface area (Å²) in [7, 11) is -2.03. The molecule has 0 amide bonds. The van der Waals surface area contributed by atoms with Gasteiger partial charge in [0.05, 0.1) is 24.5 Å². The van der Waals surface area contributed by atoms with Crippen LogP contribution in [0.15, 0.2) is 24.4 Å². The summed E-state index contributed by atoms with van der Waals surface area (Å²) < 4.78 is 28.1. The Morgan fingerprint density at radius 3 is 2.72 bits per heavy atom. The average Bonchev–Trinajstić information content (AvgIpc) is 2.36. The summed E-state index contributed by atoms with van der Waals surface area (Å²) in [5.74, 6) is -1.34. The van der Waals surface area contributed by atoms with Crippen LogP contribution >= 0.6 is 0 Å². The van der Waals surface area contributed by atoms with Gasteiger partial charge in [0.15, 0.2) is 9.84 Å². The Hall–Kier alpha value is -1.43. The smallest absolute Gasteiger partial charge is 0.309 e. The van der Waals surface area contributed by atoms with Crippen molar-refractivity contribution in [1.29, 1.82) is 0 Å². The molecule has 0 fully saturated rings. The number of hydrogen-bond donors (Lipinski definition) is 0. The van der Waals surface area contributed by atoms with Gasteiger partial charge in [0.2, 0.25) is 0 Å². The monoisotopic (exact) mass is 271 g/mol. The Kier molecular flexibility index (Phi) is 5.27. The van der Waals surface area contributed by atoms with Gasteiger partial charge < -0.3 is 4.74 Å². The van der Waals surface area contributed by atoms with Crippen LogP contribution in [0.3, 0.4) is 0 Å². The summed E-state index contributed by atoms with van der Waals surface area (Å²) in [5.41, 5.74) is 0.729. The van der Waals surface area contributed by atoms with E-state index in [1.807, 2.05) is 6.07 Å². The number of methoxy groups -OCH3 is 1. The molecule has 1 aromatic rings. The van der Waals surface area contributed by atoms with E-state index >= 15 is 0 Å². The van der Waals surface area contributed by atoms with Crippen LogP contribution in [0.4, 0.5) is 0 Å². The fourth-order valence-corrected chi connectivity index (χ4v) is 3.12. The molecule has 0 saturated heterocycles. The van der Waals surface area contributed by atoms with Crippen molar-refractivity contribution >= 4 is 15.8 Å². The summed E-state index contributed by atoms with van der Waals surface area (Å²) in [6.45, 7) is 1.55. The lowest BCUT2D eigenvalue weighted by molar-refractivity contribution is -0.144. The number of pyridine rings is 1. The third kappa shape index (κ3) is 4.83. The summed E-state index contributed by atoms with van der Waals surface area (Å²) in [5, 5.41) is 0. The Balaban J connectivity index is 2.53. The number of aromatic nitrogens is 1. The number of carbonyl (C=O) groups excluding carboxylic acids is 1. The van der Waals surface area contributed by atoms with Crippen LogP contribution in [0.25, 0.3) is 0 Å². The number of aryl methyl sites for hydroxylation is 1. The third-order valence-corrected chi connectivity index (χ3v) is 4.34. The lowest BCUT2D eigenvalue weighted by Crippen LogP contribution is -2.24. The van der Waals surface area contributed by atoms with Crippen LogP contribution in [-0.4, -0.2) is 38.0 Å². The summed E-state index contributed by atoms with van der Waals surface area (Å²) in [4.78, 5) is 15.2. The molecule has 1 heterocycles. The maximum atomic E-state index is 11.8. The molecule has 100 valence electrons. The van der Waals surface area contributed by atoms with Crippen molar-refractivity contribution in [3.05, 3.63) is 30.1 Å². The topological polar surface area (TPSA) is 73.3 Å². The second-order valence-electron chi connectivity index (χ2n) is 4.11. The average molecular weight is 271 g/mol. The van der Waals surface area contributed by atoms with Crippen LogP contribution in [0, 0.1) is 5.92 Å². The molecule has 0 radical (unpaired) electrons. The molecule has 0 aliphatic rings.